The summed E-state index contributed by atoms with van der Waals surface area (Å²) in [5.41, 5.74) is 6.59. The van der Waals surface area contributed by atoms with E-state index in [1.54, 1.807) is 0 Å². The maximum Gasteiger partial charge on any atom is 0.226 e. The van der Waals surface area contributed by atoms with Crippen LogP contribution in [0.25, 0.3) is 5.57 Å². The Kier molecular flexibility index (Phi) is 4.86. The molecule has 1 atom stereocenters. The van der Waals surface area contributed by atoms with Crippen LogP contribution in [0.1, 0.15) is 43.6 Å². The van der Waals surface area contributed by atoms with E-state index in [1.165, 1.54) is 28.1 Å². The van der Waals surface area contributed by atoms with Gasteiger partial charge in [0.25, 0.3) is 0 Å². The lowest BCUT2D eigenvalue weighted by atomic mass is 9.93. The number of nitrogens with one attached hydrogen (secondary N) is 1. The minimum Gasteiger partial charge on any atom is -0.377 e. The molecule has 4 rings (SSSR count). The van der Waals surface area contributed by atoms with Crippen molar-refractivity contribution in [2.75, 3.05) is 37.7 Å². The normalized spacial score (nSPS) is 24.2. The van der Waals surface area contributed by atoms with E-state index < -0.39 is 0 Å². The van der Waals surface area contributed by atoms with E-state index >= 15 is 0 Å². The zero-order valence-electron chi connectivity index (χ0n) is 15.3. The van der Waals surface area contributed by atoms with Gasteiger partial charge in [-0.2, -0.15) is 0 Å². The second kappa shape index (κ2) is 7.26. The molecule has 2 aliphatic heterocycles. The minimum absolute atomic E-state index is 0.325. The molecule has 1 N–H and O–H groups in total. The first-order chi connectivity index (χ1) is 12.2. The van der Waals surface area contributed by atoms with Crippen molar-refractivity contribution in [3.63, 3.8) is 0 Å². The molecule has 0 bridgehead atoms. The van der Waals surface area contributed by atoms with Gasteiger partial charge in [0.15, 0.2) is 0 Å². The standard InChI is InChI=1S/C20H28N4O/c1-14-3-5-16(6-4-14)19-17-7-9-21-10-8-18(17)22-20(23-19)24-11-12-25-13-15(24)2/h3,5,15,21H,4,6-13H2,1-2H3/t15-/m0/s1. The summed E-state index contributed by atoms with van der Waals surface area (Å²) in [5.74, 6) is 0.888. The number of aromatic nitrogens is 2. The van der Waals surface area contributed by atoms with Gasteiger partial charge in [0.2, 0.25) is 5.95 Å². The fraction of sp³-hybridized carbons (Fsp3) is 0.600. The Labute approximate surface area is 150 Å². The molecule has 5 heteroatoms. The summed E-state index contributed by atoms with van der Waals surface area (Å²) in [4.78, 5) is 12.4. The summed E-state index contributed by atoms with van der Waals surface area (Å²) in [6.45, 7) is 8.79. The van der Waals surface area contributed by atoms with Crippen LogP contribution in [0.3, 0.4) is 0 Å². The van der Waals surface area contributed by atoms with Crippen LogP contribution in [0.2, 0.25) is 0 Å². The molecule has 5 nitrogen and oxygen atoms in total. The molecule has 134 valence electrons. The molecule has 0 saturated carbocycles. The van der Waals surface area contributed by atoms with Gasteiger partial charge in [-0.3, -0.25) is 0 Å². The number of hydrogen-bond acceptors (Lipinski definition) is 5. The smallest absolute Gasteiger partial charge is 0.226 e. The summed E-state index contributed by atoms with van der Waals surface area (Å²) in [6.07, 6.45) is 8.73. The van der Waals surface area contributed by atoms with Crippen LogP contribution in [-0.4, -0.2) is 48.9 Å². The lowest BCUT2D eigenvalue weighted by Gasteiger charge is -2.34. The molecule has 0 aromatic carbocycles. The van der Waals surface area contributed by atoms with Crippen LogP contribution in [-0.2, 0) is 17.6 Å². The van der Waals surface area contributed by atoms with Gasteiger partial charge in [-0.05, 0) is 45.2 Å². The Bertz CT molecular complexity index is 710. The van der Waals surface area contributed by atoms with Crippen molar-refractivity contribution >= 4 is 11.5 Å². The molecular weight excluding hydrogens is 312 g/mol. The third-order valence-corrected chi connectivity index (χ3v) is 5.46. The number of allylic oxidation sites excluding steroid dienone is 4. The monoisotopic (exact) mass is 340 g/mol. The predicted molar refractivity (Wildman–Crippen MR) is 101 cm³/mol. The Morgan fingerprint density at radius 3 is 2.80 bits per heavy atom. The van der Waals surface area contributed by atoms with E-state index in [0.29, 0.717) is 6.04 Å². The molecule has 3 heterocycles. The molecule has 0 radical (unpaired) electrons. The lowest BCUT2D eigenvalue weighted by Crippen LogP contribution is -2.44. The van der Waals surface area contributed by atoms with E-state index in [-0.39, 0.29) is 0 Å². The molecule has 25 heavy (non-hydrogen) atoms. The van der Waals surface area contributed by atoms with Crippen LogP contribution in [0, 0.1) is 0 Å². The van der Waals surface area contributed by atoms with E-state index in [0.717, 1.165) is 64.5 Å². The van der Waals surface area contributed by atoms with E-state index in [1.807, 2.05) is 0 Å². The van der Waals surface area contributed by atoms with Crippen LogP contribution in [0.4, 0.5) is 5.95 Å². The Hall–Kier alpha value is -1.72. The van der Waals surface area contributed by atoms with Crippen LogP contribution < -0.4 is 10.2 Å². The average Bonchev–Trinajstić information content (AvgIpc) is 2.87. The molecule has 1 fully saturated rings. The van der Waals surface area contributed by atoms with Crippen molar-refractivity contribution in [3.8, 4) is 0 Å². The molecular formula is C20H28N4O. The van der Waals surface area contributed by atoms with Crippen molar-refractivity contribution in [1.29, 1.82) is 0 Å². The highest BCUT2D eigenvalue weighted by Crippen LogP contribution is 2.31. The van der Waals surface area contributed by atoms with Gasteiger partial charge in [0.05, 0.1) is 30.6 Å². The van der Waals surface area contributed by atoms with E-state index in [9.17, 15) is 0 Å². The largest absolute Gasteiger partial charge is 0.377 e. The van der Waals surface area contributed by atoms with Crippen LogP contribution in [0.5, 0.6) is 0 Å². The first kappa shape index (κ1) is 16.7. The highest BCUT2D eigenvalue weighted by molar-refractivity contribution is 5.70. The molecule has 0 spiro atoms. The summed E-state index contributed by atoms with van der Waals surface area (Å²) < 4.78 is 5.60. The van der Waals surface area contributed by atoms with Gasteiger partial charge in [-0.15, -0.1) is 0 Å². The maximum absolute atomic E-state index is 5.60. The first-order valence-corrected chi connectivity index (χ1v) is 9.54. The van der Waals surface area contributed by atoms with Crippen molar-refractivity contribution in [3.05, 3.63) is 34.7 Å². The Balaban J connectivity index is 1.79. The molecule has 1 aromatic heterocycles. The van der Waals surface area contributed by atoms with E-state index in [2.05, 4.69) is 36.2 Å². The third kappa shape index (κ3) is 3.48. The van der Waals surface area contributed by atoms with Crippen molar-refractivity contribution < 1.29 is 4.74 Å². The van der Waals surface area contributed by atoms with Crippen molar-refractivity contribution in [2.24, 2.45) is 0 Å². The SMILES string of the molecule is CC1=CC=C(c2nc(N3CCOC[C@@H]3C)nc3c2CCNCC3)CC1. The van der Waals surface area contributed by atoms with Crippen molar-refractivity contribution in [2.45, 2.75) is 45.6 Å². The van der Waals surface area contributed by atoms with Gasteiger partial charge >= 0.3 is 0 Å². The molecule has 1 aromatic rings. The van der Waals surface area contributed by atoms with Gasteiger partial charge in [-0.1, -0.05) is 17.7 Å². The van der Waals surface area contributed by atoms with Gasteiger partial charge in [-0.25, -0.2) is 9.97 Å². The molecule has 0 amide bonds. The van der Waals surface area contributed by atoms with Crippen molar-refractivity contribution in [1.82, 2.24) is 15.3 Å². The topological polar surface area (TPSA) is 50.3 Å². The predicted octanol–water partition coefficient (Wildman–Crippen LogP) is 2.51. The third-order valence-electron chi connectivity index (χ3n) is 5.46. The van der Waals surface area contributed by atoms with Crippen LogP contribution >= 0.6 is 0 Å². The summed E-state index contributed by atoms with van der Waals surface area (Å²) in [7, 11) is 0. The maximum atomic E-state index is 5.60. The molecule has 3 aliphatic rings. The fourth-order valence-corrected chi connectivity index (χ4v) is 3.89. The molecule has 0 unspecified atom stereocenters. The minimum atomic E-state index is 0.325. The number of nitrogens with zero attached hydrogens (tertiary/aromatic N) is 3. The second-order valence-electron chi connectivity index (χ2n) is 7.37. The molecule has 1 aliphatic carbocycles. The van der Waals surface area contributed by atoms with Crippen LogP contribution in [0.15, 0.2) is 17.7 Å². The average molecular weight is 340 g/mol. The number of ether oxygens (including phenoxy) is 1. The number of fused-ring (bicyclic) bond motifs is 1. The number of anilines is 1. The highest BCUT2D eigenvalue weighted by Gasteiger charge is 2.26. The molecule has 1 saturated heterocycles. The number of rotatable bonds is 2. The fourth-order valence-electron chi connectivity index (χ4n) is 3.89. The highest BCUT2D eigenvalue weighted by atomic mass is 16.5. The summed E-state index contributed by atoms with van der Waals surface area (Å²) >= 11 is 0. The van der Waals surface area contributed by atoms with Gasteiger partial charge < -0.3 is 15.0 Å². The zero-order valence-corrected chi connectivity index (χ0v) is 15.3. The first-order valence-electron chi connectivity index (χ1n) is 9.54. The summed E-state index contributed by atoms with van der Waals surface area (Å²) in [5, 5.41) is 3.51. The Morgan fingerprint density at radius 2 is 2.00 bits per heavy atom. The van der Waals surface area contributed by atoms with E-state index in [4.69, 9.17) is 14.7 Å². The number of morpholine rings is 1. The zero-order chi connectivity index (χ0) is 17.2. The Morgan fingerprint density at radius 1 is 1.12 bits per heavy atom. The number of hydrogen-bond donors (Lipinski definition) is 1. The quantitative estimate of drug-likeness (QED) is 0.896. The lowest BCUT2D eigenvalue weighted by molar-refractivity contribution is 0.0980. The summed E-state index contributed by atoms with van der Waals surface area (Å²) in [6, 6.07) is 0.325. The van der Waals surface area contributed by atoms with Gasteiger partial charge in [0, 0.05) is 25.1 Å². The van der Waals surface area contributed by atoms with Gasteiger partial charge in [0.1, 0.15) is 0 Å². The second-order valence-corrected chi connectivity index (χ2v) is 7.37.